The summed E-state index contributed by atoms with van der Waals surface area (Å²) in [7, 11) is 0. The van der Waals surface area contributed by atoms with Gasteiger partial charge in [0.25, 0.3) is 6.01 Å². The highest BCUT2D eigenvalue weighted by molar-refractivity contribution is 5.87. The number of carbonyl (C=O) groups excluding carboxylic acids is 1. The lowest BCUT2D eigenvalue weighted by atomic mass is 9.85. The van der Waals surface area contributed by atoms with Crippen molar-refractivity contribution in [2.24, 2.45) is 5.92 Å². The second kappa shape index (κ2) is 5.01. The minimum absolute atomic E-state index is 0.220. The van der Waals surface area contributed by atoms with Crippen molar-refractivity contribution in [3.63, 3.8) is 0 Å². The van der Waals surface area contributed by atoms with Crippen molar-refractivity contribution in [2.75, 3.05) is 18.5 Å². The SMILES string of the molecule is CCOC(=O)c1coc(NCC2CCC2)n1. The molecule has 0 unspecified atom stereocenters. The molecule has 0 radical (unpaired) electrons. The summed E-state index contributed by atoms with van der Waals surface area (Å²) < 4.78 is 9.94. The van der Waals surface area contributed by atoms with Crippen LogP contribution in [0, 0.1) is 5.92 Å². The fourth-order valence-electron chi connectivity index (χ4n) is 1.58. The van der Waals surface area contributed by atoms with Crippen LogP contribution in [0.2, 0.25) is 0 Å². The zero-order chi connectivity index (χ0) is 11.4. The summed E-state index contributed by atoms with van der Waals surface area (Å²) in [5.74, 6) is 0.279. The van der Waals surface area contributed by atoms with Crippen LogP contribution in [0.3, 0.4) is 0 Å². The molecule has 1 aromatic rings. The number of carbonyl (C=O) groups is 1. The monoisotopic (exact) mass is 224 g/mol. The fraction of sp³-hybridized carbons (Fsp3) is 0.636. The van der Waals surface area contributed by atoms with E-state index in [9.17, 15) is 4.79 Å². The summed E-state index contributed by atoms with van der Waals surface area (Å²) in [6, 6.07) is 0.398. The van der Waals surface area contributed by atoms with Gasteiger partial charge >= 0.3 is 5.97 Å². The summed E-state index contributed by atoms with van der Waals surface area (Å²) in [5.41, 5.74) is 0.220. The molecule has 16 heavy (non-hydrogen) atoms. The van der Waals surface area contributed by atoms with Gasteiger partial charge in [0.15, 0.2) is 5.69 Å². The first-order chi connectivity index (χ1) is 7.79. The normalized spacial score (nSPS) is 15.6. The van der Waals surface area contributed by atoms with E-state index in [1.54, 1.807) is 6.92 Å². The molecular weight excluding hydrogens is 208 g/mol. The molecule has 88 valence electrons. The maximum Gasteiger partial charge on any atom is 0.360 e. The topological polar surface area (TPSA) is 64.4 Å². The first-order valence-electron chi connectivity index (χ1n) is 5.66. The molecule has 1 aliphatic rings. The van der Waals surface area contributed by atoms with Crippen molar-refractivity contribution in [3.8, 4) is 0 Å². The highest BCUT2D eigenvalue weighted by atomic mass is 16.5. The van der Waals surface area contributed by atoms with Crippen molar-refractivity contribution in [1.82, 2.24) is 4.98 Å². The lowest BCUT2D eigenvalue weighted by Gasteiger charge is -2.24. The fourth-order valence-corrected chi connectivity index (χ4v) is 1.58. The van der Waals surface area contributed by atoms with Gasteiger partial charge in [-0.05, 0) is 25.7 Å². The van der Waals surface area contributed by atoms with E-state index in [1.165, 1.54) is 25.5 Å². The smallest absolute Gasteiger partial charge is 0.360 e. The molecule has 1 fully saturated rings. The Labute approximate surface area is 94.2 Å². The Morgan fingerprint density at radius 2 is 2.50 bits per heavy atom. The Morgan fingerprint density at radius 1 is 1.69 bits per heavy atom. The predicted octanol–water partition coefficient (Wildman–Crippen LogP) is 2.06. The standard InChI is InChI=1S/C11H16N2O3/c1-2-15-10(14)9-7-16-11(13-9)12-6-8-4-3-5-8/h7-8H,2-6H2,1H3,(H,12,13). The van der Waals surface area contributed by atoms with Crippen molar-refractivity contribution in [3.05, 3.63) is 12.0 Å². The zero-order valence-corrected chi connectivity index (χ0v) is 9.36. The maximum absolute atomic E-state index is 11.3. The van der Waals surface area contributed by atoms with Crippen molar-refractivity contribution >= 4 is 12.0 Å². The molecule has 1 N–H and O–H groups in total. The van der Waals surface area contributed by atoms with Crippen LogP contribution < -0.4 is 5.32 Å². The number of esters is 1. The van der Waals surface area contributed by atoms with E-state index < -0.39 is 5.97 Å². The van der Waals surface area contributed by atoms with E-state index in [-0.39, 0.29) is 5.69 Å². The maximum atomic E-state index is 11.3. The van der Waals surface area contributed by atoms with Gasteiger partial charge in [-0.3, -0.25) is 0 Å². The lowest BCUT2D eigenvalue weighted by molar-refractivity contribution is 0.0519. The average molecular weight is 224 g/mol. The third kappa shape index (κ3) is 2.53. The predicted molar refractivity (Wildman–Crippen MR) is 58.3 cm³/mol. The second-order valence-electron chi connectivity index (χ2n) is 3.94. The zero-order valence-electron chi connectivity index (χ0n) is 9.36. The van der Waals surface area contributed by atoms with Crippen LogP contribution >= 0.6 is 0 Å². The van der Waals surface area contributed by atoms with Crippen LogP contribution in [0.4, 0.5) is 6.01 Å². The molecule has 0 amide bonds. The third-order valence-electron chi connectivity index (χ3n) is 2.76. The molecule has 0 aliphatic heterocycles. The Hall–Kier alpha value is -1.52. The summed E-state index contributed by atoms with van der Waals surface area (Å²) in [5, 5.41) is 3.08. The Balaban J connectivity index is 1.83. The van der Waals surface area contributed by atoms with Crippen molar-refractivity contribution < 1.29 is 13.9 Å². The lowest BCUT2D eigenvalue weighted by Crippen LogP contribution is -2.21. The van der Waals surface area contributed by atoms with Crippen LogP contribution in [0.5, 0.6) is 0 Å². The number of hydrogen-bond donors (Lipinski definition) is 1. The molecule has 5 nitrogen and oxygen atoms in total. The average Bonchev–Trinajstić information content (AvgIpc) is 2.64. The largest absolute Gasteiger partial charge is 0.461 e. The number of nitrogens with zero attached hydrogens (tertiary/aromatic N) is 1. The number of aromatic nitrogens is 1. The van der Waals surface area contributed by atoms with E-state index in [2.05, 4.69) is 10.3 Å². The van der Waals surface area contributed by atoms with Gasteiger partial charge in [0.1, 0.15) is 6.26 Å². The molecule has 0 spiro atoms. The van der Waals surface area contributed by atoms with Gasteiger partial charge in [-0.1, -0.05) is 6.42 Å². The van der Waals surface area contributed by atoms with Gasteiger partial charge in [-0.15, -0.1) is 0 Å². The molecule has 1 saturated carbocycles. The number of rotatable bonds is 5. The van der Waals surface area contributed by atoms with Crippen LogP contribution in [0.15, 0.2) is 10.7 Å². The van der Waals surface area contributed by atoms with Gasteiger partial charge < -0.3 is 14.5 Å². The minimum Gasteiger partial charge on any atom is -0.461 e. The van der Waals surface area contributed by atoms with E-state index in [0.717, 1.165) is 12.5 Å². The number of oxazole rings is 1. The van der Waals surface area contributed by atoms with Gasteiger partial charge in [-0.25, -0.2) is 4.79 Å². The summed E-state index contributed by atoms with van der Waals surface area (Å²) in [6.07, 6.45) is 5.16. The van der Waals surface area contributed by atoms with Gasteiger partial charge in [0.2, 0.25) is 0 Å². The highest BCUT2D eigenvalue weighted by Gasteiger charge is 2.18. The summed E-state index contributed by atoms with van der Waals surface area (Å²) in [6.45, 7) is 2.97. The summed E-state index contributed by atoms with van der Waals surface area (Å²) >= 11 is 0. The van der Waals surface area contributed by atoms with Crippen LogP contribution in [0.1, 0.15) is 36.7 Å². The number of hydrogen-bond acceptors (Lipinski definition) is 5. The van der Waals surface area contributed by atoms with E-state index in [0.29, 0.717) is 12.6 Å². The highest BCUT2D eigenvalue weighted by Crippen LogP contribution is 2.26. The quantitative estimate of drug-likeness (QED) is 0.775. The molecule has 0 bridgehead atoms. The van der Waals surface area contributed by atoms with E-state index >= 15 is 0 Å². The first-order valence-corrected chi connectivity index (χ1v) is 5.66. The molecule has 0 aromatic carbocycles. The molecular formula is C11H16N2O3. The Morgan fingerprint density at radius 3 is 3.12 bits per heavy atom. The third-order valence-corrected chi connectivity index (χ3v) is 2.76. The molecule has 1 aliphatic carbocycles. The van der Waals surface area contributed by atoms with Crippen molar-refractivity contribution in [1.29, 1.82) is 0 Å². The van der Waals surface area contributed by atoms with Gasteiger partial charge in [0, 0.05) is 6.54 Å². The number of nitrogens with one attached hydrogen (secondary N) is 1. The minimum atomic E-state index is -0.442. The molecule has 1 heterocycles. The van der Waals surface area contributed by atoms with Crippen LogP contribution in [-0.4, -0.2) is 24.1 Å². The van der Waals surface area contributed by atoms with Gasteiger partial charge in [0.05, 0.1) is 6.61 Å². The molecule has 0 atom stereocenters. The summed E-state index contributed by atoms with van der Waals surface area (Å²) in [4.78, 5) is 15.3. The second-order valence-corrected chi connectivity index (χ2v) is 3.94. The van der Waals surface area contributed by atoms with Crippen molar-refractivity contribution in [2.45, 2.75) is 26.2 Å². The van der Waals surface area contributed by atoms with Gasteiger partial charge in [-0.2, -0.15) is 4.98 Å². The van der Waals surface area contributed by atoms with E-state index in [1.807, 2.05) is 0 Å². The molecule has 2 rings (SSSR count). The van der Waals surface area contributed by atoms with E-state index in [4.69, 9.17) is 9.15 Å². The number of anilines is 1. The molecule has 0 saturated heterocycles. The van der Waals surface area contributed by atoms with Crippen LogP contribution in [-0.2, 0) is 4.74 Å². The first kappa shape index (κ1) is 11.0. The number of ether oxygens (including phenoxy) is 1. The molecule has 5 heteroatoms. The Kier molecular flexibility index (Phi) is 3.44. The Bertz CT molecular complexity index is 358. The molecule has 1 aromatic heterocycles. The van der Waals surface area contributed by atoms with Crippen LogP contribution in [0.25, 0.3) is 0 Å².